The maximum Gasteiger partial charge on any atom is 0.298 e. The Bertz CT molecular complexity index is 3250. The van der Waals surface area contributed by atoms with E-state index < -0.39 is 11.8 Å². The van der Waals surface area contributed by atoms with Gasteiger partial charge in [-0.15, -0.1) is 0 Å². The van der Waals surface area contributed by atoms with Crippen LogP contribution in [-0.4, -0.2) is 207 Å². The van der Waals surface area contributed by atoms with Gasteiger partial charge in [-0.05, 0) is 93.3 Å². The number of amides is 3. The predicted octanol–water partition coefficient (Wildman–Crippen LogP) is 6.35. The third-order valence-electron chi connectivity index (χ3n) is 11.5. The Morgan fingerprint density at radius 1 is 0.750 bits per heavy atom. The van der Waals surface area contributed by atoms with E-state index in [9.17, 15) is 14.4 Å². The molecule has 3 aromatic heterocycles. The Balaban J connectivity index is -0.000000317. The molecule has 0 aliphatic heterocycles. The number of allylic oxidation sites excluding steroid dienone is 4. The number of hydrogen-bond donors (Lipinski definition) is 5. The number of pyridine rings is 3. The van der Waals surface area contributed by atoms with Crippen LogP contribution in [0.3, 0.4) is 0 Å². The largest absolute Gasteiger partial charge is 0.398 e. The van der Waals surface area contributed by atoms with E-state index in [1.807, 2.05) is 126 Å². The molecule has 1 aliphatic rings. The smallest absolute Gasteiger partial charge is 0.298 e. The zero-order valence-corrected chi connectivity index (χ0v) is 59.7. The number of anilines is 3. The van der Waals surface area contributed by atoms with E-state index in [0.29, 0.717) is 50.8 Å². The first-order chi connectivity index (χ1) is 42.7. The van der Waals surface area contributed by atoms with Crippen molar-refractivity contribution in [2.75, 3.05) is 153 Å². The van der Waals surface area contributed by atoms with E-state index >= 15 is 0 Å². The molecule has 0 aromatic carbocycles. The number of nitriles is 5. The van der Waals surface area contributed by atoms with Gasteiger partial charge in [-0.25, -0.2) is 36.8 Å². The lowest BCUT2D eigenvalue weighted by Gasteiger charge is -2.27. The van der Waals surface area contributed by atoms with Gasteiger partial charge < -0.3 is 66.8 Å². The zero-order chi connectivity index (χ0) is 72.8. The monoisotopic (exact) mass is 1320 g/mol. The van der Waals surface area contributed by atoms with Gasteiger partial charge in [-0.1, -0.05) is 23.4 Å². The first-order valence-electron chi connectivity index (χ1n) is 27.0. The van der Waals surface area contributed by atoms with E-state index in [4.69, 9.17) is 79.6 Å². The quantitative estimate of drug-likeness (QED) is 0.0172. The topological polar surface area (TPSA) is 361 Å². The number of nitrogens with zero attached hydrogens (tertiary/aromatic N) is 19. The fourth-order valence-corrected chi connectivity index (χ4v) is 6.34. The number of halogens is 1. The molecule has 27 nitrogen and oxygen atoms in total. The summed E-state index contributed by atoms with van der Waals surface area (Å²) in [7, 11) is 32.0. The number of ether oxygens (including phenoxy) is 1. The van der Waals surface area contributed by atoms with E-state index in [0.717, 1.165) is 28.3 Å². The van der Waals surface area contributed by atoms with Crippen LogP contribution in [0.4, 0.5) is 17.1 Å². The number of aromatic nitrogens is 3. The maximum absolute atomic E-state index is 11.2. The van der Waals surface area contributed by atoms with Crippen molar-refractivity contribution >= 4 is 76.5 Å². The molecule has 1 aliphatic carbocycles. The Morgan fingerprint density at radius 3 is 1.48 bits per heavy atom. The summed E-state index contributed by atoms with van der Waals surface area (Å²) >= 11 is 10.4. The maximum atomic E-state index is 11.2. The van der Waals surface area contributed by atoms with Crippen molar-refractivity contribution in [1.82, 2.24) is 39.5 Å². The van der Waals surface area contributed by atoms with Gasteiger partial charge in [0.05, 0.1) is 65.3 Å². The van der Waals surface area contributed by atoms with Crippen molar-refractivity contribution in [1.29, 1.82) is 26.3 Å². The Morgan fingerprint density at radius 2 is 1.20 bits per heavy atom. The van der Waals surface area contributed by atoms with Crippen molar-refractivity contribution in [3.8, 4) is 30.3 Å². The summed E-state index contributed by atoms with van der Waals surface area (Å²) in [5.41, 5.74) is 28.8. The molecule has 8 N–H and O–H groups in total. The highest BCUT2D eigenvalue weighted by molar-refractivity contribution is 8.00. The summed E-state index contributed by atoms with van der Waals surface area (Å²) in [6, 6.07) is 14.8. The number of rotatable bonds is 14. The van der Waals surface area contributed by atoms with Crippen LogP contribution < -0.4 is 37.6 Å². The van der Waals surface area contributed by atoms with Crippen LogP contribution in [0, 0.1) is 76.4 Å². The number of fused-ring (bicyclic) bond motifs is 1. The molecule has 0 saturated carbocycles. The SMILES string of the molecule is CN(C)C(C)(C)C.CN(C)c1ccnc(Cl)c1C#N.CN(C)c1ccnc(SCC(N)=O)c1C#N.CN(C)c1ccnc2c1C(N)=C(C(N)=O)C2.COC(C)N(C)C.NC(=O)CS.[C-]#[N+]/C(C#N)=C(\C)N(C)C.[C-]#[N+]/C(C#N)=C(\C=C\N(C)C)N(C)C.[C-]#[N+]CC#N. The highest BCUT2D eigenvalue weighted by Gasteiger charge is 2.27. The normalized spacial score (nSPS) is 11.0. The van der Waals surface area contributed by atoms with Crippen LogP contribution in [0.25, 0.3) is 20.2 Å². The molecule has 0 radical (unpaired) electrons. The number of thioether (sulfide) groups is 1. The molecule has 3 amide bonds. The minimum Gasteiger partial charge on any atom is -0.398 e. The molecule has 0 bridgehead atoms. The molecule has 30 heteroatoms. The molecule has 0 spiro atoms. The van der Waals surface area contributed by atoms with Crippen LogP contribution in [0.1, 0.15) is 57.0 Å². The Labute approximate surface area is 561 Å². The predicted molar refractivity (Wildman–Crippen MR) is 372 cm³/mol. The molecule has 0 fully saturated rings. The number of carbonyl (C=O) groups excluding carboxylic acids is 3. The summed E-state index contributed by atoms with van der Waals surface area (Å²) in [4.78, 5) is 67.6. The third-order valence-corrected chi connectivity index (χ3v) is 13.1. The molecular weight excluding hydrogens is 1230 g/mol. The highest BCUT2D eigenvalue weighted by atomic mass is 35.5. The lowest BCUT2D eigenvalue weighted by Crippen LogP contribution is -2.34. The zero-order valence-electron chi connectivity index (χ0n) is 57.2. The second kappa shape index (κ2) is 50.0. The van der Waals surface area contributed by atoms with Crippen molar-refractivity contribution in [3.63, 3.8) is 0 Å². The van der Waals surface area contributed by atoms with Gasteiger partial charge in [-0.3, -0.25) is 24.3 Å². The molecular formula is C62H92ClN23O4S2. The summed E-state index contributed by atoms with van der Waals surface area (Å²) in [5.74, 6) is -1.02. The van der Waals surface area contributed by atoms with Gasteiger partial charge in [-0.2, -0.15) is 28.4 Å². The van der Waals surface area contributed by atoms with Crippen LogP contribution in [0.2, 0.25) is 5.15 Å². The van der Waals surface area contributed by atoms with Gasteiger partial charge >= 0.3 is 0 Å². The van der Waals surface area contributed by atoms with Crippen LogP contribution in [0.5, 0.6) is 0 Å². The van der Waals surface area contributed by atoms with E-state index in [-0.39, 0.29) is 46.7 Å². The molecule has 3 aromatic rings. The molecule has 92 heavy (non-hydrogen) atoms. The van der Waals surface area contributed by atoms with Crippen molar-refractivity contribution < 1.29 is 19.1 Å². The van der Waals surface area contributed by atoms with E-state index in [1.54, 1.807) is 101 Å². The number of thiol groups is 1. The number of primary amides is 3. The fourth-order valence-electron chi connectivity index (χ4n) is 5.43. The summed E-state index contributed by atoms with van der Waals surface area (Å²) < 4.78 is 4.94. The minimum absolute atomic E-state index is 0.0139. The lowest BCUT2D eigenvalue weighted by atomic mass is 10.1. The van der Waals surface area contributed by atoms with Crippen molar-refractivity contribution in [3.05, 3.63) is 139 Å². The first kappa shape index (κ1) is 90.9. The standard InChI is InChI=1S/C11H14N4O.C10H12N4OS.C10H14N4.C8H8ClN3.C7H9N3.C6H15N.C5H13NO.C3H2N2.C2H5NOS/c1-15(2)8-3-4-14-7-5-6(11(13)16)10(12)9(7)8;1-14(2)8-3-4-13-10(7(8)5-11)16-6-9(12)15;1-12-9(8-11)10(14(4)5)6-7-13(2)3;1-12(2)7-3-4-11-8(9)6(7)5-10;1-6(10(3)4)7(5-8)9-2;1-6(2,3)7(4)5;1-5(7-4)6(2)3;1-5-3-2-4;3-2(4)1-5/h3-4H,5,12H2,1-2H3,(H2,13,16);3-4H,6H2,1-2H3,(H2,12,15);6-7H,2-5H3;3-4H,1-2H3;1,3-4H3;1-5H3;5H,1-4H3;3H2;5H,1H2,(H2,3,4)/b;;7-6+,10-9+;;7-6+;;;;. The number of nitrogens with two attached hydrogens (primary N) is 4. The van der Waals surface area contributed by atoms with Gasteiger partial charge in [0.25, 0.3) is 17.9 Å². The second-order valence-corrected chi connectivity index (χ2v) is 22.5. The van der Waals surface area contributed by atoms with E-state index in [1.165, 1.54) is 11.8 Å². The number of carbonyl (C=O) groups is 3. The van der Waals surface area contributed by atoms with Crippen molar-refractivity contribution in [2.24, 2.45) is 22.9 Å². The van der Waals surface area contributed by atoms with E-state index in [2.05, 4.69) is 93.7 Å². The van der Waals surface area contributed by atoms with Crippen LogP contribution in [-0.2, 0) is 25.5 Å². The minimum atomic E-state index is -0.472. The molecule has 498 valence electrons. The van der Waals surface area contributed by atoms with Gasteiger partial charge in [0.2, 0.25) is 17.7 Å². The fraction of sp³-hybridized carbons (Fsp3) is 0.452. The Hall–Kier alpha value is -9.79. The van der Waals surface area contributed by atoms with Gasteiger partial charge in [0, 0.05) is 145 Å². The average Bonchev–Trinajstić information content (AvgIpc) is 1.63. The van der Waals surface area contributed by atoms with Gasteiger partial charge in [0.1, 0.15) is 45.7 Å². The Kier molecular flexibility index (Phi) is 49.4. The van der Waals surface area contributed by atoms with Crippen molar-refractivity contribution in [2.45, 2.75) is 57.8 Å². The summed E-state index contributed by atoms with van der Waals surface area (Å²) in [5, 5.41) is 43.3. The summed E-state index contributed by atoms with van der Waals surface area (Å²) in [6.07, 6.45) is 9.12. The lowest BCUT2D eigenvalue weighted by molar-refractivity contribution is -0.116. The third kappa shape index (κ3) is 38.6. The molecule has 0 saturated heterocycles. The molecule has 4 rings (SSSR count). The molecule has 3 heterocycles. The summed E-state index contributed by atoms with van der Waals surface area (Å²) in [6.45, 7) is 29.7. The van der Waals surface area contributed by atoms with Crippen LogP contribution in [0.15, 0.2) is 82.5 Å². The molecule has 1 unspecified atom stereocenters. The number of hydrogen-bond acceptors (Lipinski definition) is 23. The highest BCUT2D eigenvalue weighted by Crippen LogP contribution is 2.34. The molecule has 1 atom stereocenters. The number of likely N-dealkylation sites (N-methyl/N-ethyl adjacent to an activating group) is 1. The first-order valence-corrected chi connectivity index (χ1v) is 29.0. The average molecular weight is 1320 g/mol. The van der Waals surface area contributed by atoms with Gasteiger partial charge in [0.15, 0.2) is 0 Å². The van der Waals surface area contributed by atoms with Crippen LogP contribution >= 0.6 is 36.0 Å². The second-order valence-electron chi connectivity index (χ2n) is 20.9. The number of methoxy groups -OCH3 is 1.